The Morgan fingerprint density at radius 2 is 1.07 bits per heavy atom. The molecule has 7 aromatic carbocycles. The molecular weight excluding hydrogens is 556 g/mol. The number of anilines is 1. The molecule has 2 aliphatic carbocycles. The first-order valence-electron chi connectivity index (χ1n) is 16.1. The molecule has 10 rings (SSSR count). The molecule has 0 atom stereocenters. The molecule has 0 aliphatic heterocycles. The van der Waals surface area contributed by atoms with Gasteiger partial charge in [-0.15, -0.1) is 0 Å². The monoisotopic (exact) mass is 586 g/mol. The molecule has 0 unspecified atom stereocenters. The molecule has 8 aromatic rings. The molecule has 1 aromatic heterocycles. The van der Waals surface area contributed by atoms with Crippen LogP contribution in [0.4, 0.5) is 5.69 Å². The fraction of sp³-hybridized carbons (Fsp3) is 0.0455. The maximum absolute atomic E-state index is 6.87. The van der Waals surface area contributed by atoms with Crippen molar-refractivity contribution in [1.82, 2.24) is 4.57 Å². The van der Waals surface area contributed by atoms with E-state index in [1.165, 1.54) is 94.3 Å². The number of benzene rings is 7. The zero-order valence-electron chi connectivity index (χ0n) is 25.3. The van der Waals surface area contributed by atoms with Crippen LogP contribution in [0.3, 0.4) is 0 Å². The molecule has 46 heavy (non-hydrogen) atoms. The average molecular weight is 587 g/mol. The standard InChI is InChI=1S/C44H30N2/c45-40-22-21-34-31-14-6-4-10-27(31)25-38(34)44(40)36-20-19-33(43-32-15-7-5-11-28(32)26-39(36)43)29-18-23-42-37(24-29)35-16-8-9-17-41(35)46(42)30-12-2-1-3-13-30/h1-24H,25-26,45H2. The van der Waals surface area contributed by atoms with Gasteiger partial charge in [0.15, 0.2) is 0 Å². The lowest BCUT2D eigenvalue weighted by Crippen LogP contribution is -1.99. The number of rotatable bonds is 3. The van der Waals surface area contributed by atoms with Gasteiger partial charge in [-0.05, 0) is 110 Å². The average Bonchev–Trinajstić information content (AvgIpc) is 3.78. The molecule has 0 spiro atoms. The Bertz CT molecular complexity index is 2530. The van der Waals surface area contributed by atoms with Crippen molar-refractivity contribution in [2.24, 2.45) is 0 Å². The third-order valence-corrected chi connectivity index (χ3v) is 10.3. The van der Waals surface area contributed by atoms with E-state index >= 15 is 0 Å². The number of hydrogen-bond donors (Lipinski definition) is 1. The SMILES string of the molecule is Nc1ccc2c(c1-c1ccc(-c3ccc4c(c3)c3ccccc3n4-c3ccccc3)c3c1Cc1ccccc1-3)Cc1ccccc1-2. The predicted octanol–water partition coefficient (Wildman–Crippen LogP) is 10.8. The van der Waals surface area contributed by atoms with E-state index in [1.807, 2.05) is 0 Å². The third-order valence-electron chi connectivity index (χ3n) is 10.3. The predicted molar refractivity (Wildman–Crippen MR) is 193 cm³/mol. The van der Waals surface area contributed by atoms with Crippen LogP contribution in [0.5, 0.6) is 0 Å². The van der Waals surface area contributed by atoms with Gasteiger partial charge < -0.3 is 10.3 Å². The summed E-state index contributed by atoms with van der Waals surface area (Å²) in [6, 6.07) is 53.1. The van der Waals surface area contributed by atoms with Gasteiger partial charge in [-0.2, -0.15) is 0 Å². The Hall–Kier alpha value is -5.86. The van der Waals surface area contributed by atoms with Gasteiger partial charge in [-0.1, -0.05) is 109 Å². The van der Waals surface area contributed by atoms with Crippen molar-refractivity contribution >= 4 is 27.5 Å². The van der Waals surface area contributed by atoms with Crippen molar-refractivity contribution in [2.75, 3.05) is 5.73 Å². The molecule has 0 radical (unpaired) electrons. The van der Waals surface area contributed by atoms with E-state index in [-0.39, 0.29) is 0 Å². The van der Waals surface area contributed by atoms with Gasteiger partial charge in [-0.3, -0.25) is 0 Å². The second-order valence-corrected chi connectivity index (χ2v) is 12.7. The number of nitrogen functional groups attached to an aromatic ring is 1. The highest BCUT2D eigenvalue weighted by Gasteiger charge is 2.29. The number of nitrogens with zero attached hydrogens (tertiary/aromatic N) is 1. The fourth-order valence-corrected chi connectivity index (χ4v) is 8.27. The first-order valence-corrected chi connectivity index (χ1v) is 16.1. The molecule has 1 heterocycles. The van der Waals surface area contributed by atoms with E-state index in [9.17, 15) is 0 Å². The quantitative estimate of drug-likeness (QED) is 0.205. The summed E-state index contributed by atoms with van der Waals surface area (Å²) >= 11 is 0. The van der Waals surface area contributed by atoms with Gasteiger partial charge in [0.25, 0.3) is 0 Å². The smallest absolute Gasteiger partial charge is 0.0541 e. The number of fused-ring (bicyclic) bond motifs is 9. The minimum Gasteiger partial charge on any atom is -0.398 e. The second-order valence-electron chi connectivity index (χ2n) is 12.7. The van der Waals surface area contributed by atoms with Crippen LogP contribution in [-0.4, -0.2) is 4.57 Å². The molecular formula is C44H30N2. The van der Waals surface area contributed by atoms with Gasteiger partial charge in [0.2, 0.25) is 0 Å². The van der Waals surface area contributed by atoms with Gasteiger partial charge in [-0.25, -0.2) is 0 Å². The van der Waals surface area contributed by atoms with Crippen LogP contribution in [0.2, 0.25) is 0 Å². The van der Waals surface area contributed by atoms with Crippen LogP contribution in [0, 0.1) is 0 Å². The van der Waals surface area contributed by atoms with Crippen molar-refractivity contribution in [3.63, 3.8) is 0 Å². The van der Waals surface area contributed by atoms with Crippen LogP contribution in [0.1, 0.15) is 22.3 Å². The number of aromatic nitrogens is 1. The zero-order valence-corrected chi connectivity index (χ0v) is 25.3. The lowest BCUT2D eigenvalue weighted by atomic mass is 9.86. The summed E-state index contributed by atoms with van der Waals surface area (Å²) in [6.45, 7) is 0. The van der Waals surface area contributed by atoms with Gasteiger partial charge in [0, 0.05) is 27.7 Å². The molecule has 2 heteroatoms. The third kappa shape index (κ3) is 3.53. The molecule has 2 nitrogen and oxygen atoms in total. The molecule has 216 valence electrons. The van der Waals surface area contributed by atoms with Crippen molar-refractivity contribution in [3.05, 3.63) is 168 Å². The number of hydrogen-bond acceptors (Lipinski definition) is 1. The van der Waals surface area contributed by atoms with Crippen LogP contribution < -0.4 is 5.73 Å². The summed E-state index contributed by atoms with van der Waals surface area (Å²) in [5.74, 6) is 0. The first kappa shape index (κ1) is 25.5. The van der Waals surface area contributed by atoms with E-state index in [0.717, 1.165) is 18.5 Å². The minimum atomic E-state index is 0.854. The Labute approximate surface area is 268 Å². The molecule has 0 saturated carbocycles. The topological polar surface area (TPSA) is 30.9 Å². The second kappa shape index (κ2) is 9.57. The summed E-state index contributed by atoms with van der Waals surface area (Å²) in [4.78, 5) is 0. The first-order chi connectivity index (χ1) is 22.7. The lowest BCUT2D eigenvalue weighted by Gasteiger charge is -2.19. The molecule has 2 N–H and O–H groups in total. The van der Waals surface area contributed by atoms with E-state index in [1.54, 1.807) is 0 Å². The summed E-state index contributed by atoms with van der Waals surface area (Å²) in [5.41, 5.74) is 27.1. The lowest BCUT2D eigenvalue weighted by molar-refractivity contribution is 1.18. The zero-order chi connectivity index (χ0) is 30.4. The van der Waals surface area contributed by atoms with E-state index < -0.39 is 0 Å². The van der Waals surface area contributed by atoms with E-state index in [0.29, 0.717) is 0 Å². The van der Waals surface area contributed by atoms with Crippen LogP contribution in [0.15, 0.2) is 146 Å². The van der Waals surface area contributed by atoms with E-state index in [4.69, 9.17) is 5.73 Å². The largest absolute Gasteiger partial charge is 0.398 e. The fourth-order valence-electron chi connectivity index (χ4n) is 8.27. The highest BCUT2D eigenvalue weighted by molar-refractivity contribution is 6.11. The molecule has 0 amide bonds. The van der Waals surface area contributed by atoms with Gasteiger partial charge in [0.05, 0.1) is 11.0 Å². The Morgan fingerprint density at radius 1 is 0.435 bits per heavy atom. The maximum atomic E-state index is 6.87. The summed E-state index contributed by atoms with van der Waals surface area (Å²) in [6.07, 6.45) is 1.82. The molecule has 0 fully saturated rings. The normalized spacial score (nSPS) is 12.7. The molecule has 0 saturated heterocycles. The van der Waals surface area contributed by atoms with Gasteiger partial charge in [0.1, 0.15) is 0 Å². The Morgan fingerprint density at radius 3 is 1.91 bits per heavy atom. The highest BCUT2D eigenvalue weighted by atomic mass is 15.0. The van der Waals surface area contributed by atoms with E-state index in [2.05, 4.69) is 150 Å². The van der Waals surface area contributed by atoms with Crippen LogP contribution in [0.25, 0.3) is 72.0 Å². The Balaban J connectivity index is 1.21. The van der Waals surface area contributed by atoms with Crippen molar-refractivity contribution < 1.29 is 0 Å². The summed E-state index contributed by atoms with van der Waals surface area (Å²) in [7, 11) is 0. The van der Waals surface area contributed by atoms with Crippen LogP contribution >= 0.6 is 0 Å². The summed E-state index contributed by atoms with van der Waals surface area (Å²) < 4.78 is 2.38. The minimum absolute atomic E-state index is 0.854. The summed E-state index contributed by atoms with van der Waals surface area (Å²) in [5, 5.41) is 2.54. The maximum Gasteiger partial charge on any atom is 0.0541 e. The molecule has 2 aliphatic rings. The molecule has 0 bridgehead atoms. The number of nitrogens with two attached hydrogens (primary N) is 1. The van der Waals surface area contributed by atoms with Crippen LogP contribution in [-0.2, 0) is 12.8 Å². The Kier molecular flexibility index (Phi) is 5.30. The highest BCUT2D eigenvalue weighted by Crippen LogP contribution is 2.51. The van der Waals surface area contributed by atoms with Gasteiger partial charge >= 0.3 is 0 Å². The number of para-hydroxylation sites is 2. The van der Waals surface area contributed by atoms with Crippen molar-refractivity contribution in [2.45, 2.75) is 12.8 Å². The van der Waals surface area contributed by atoms with Crippen molar-refractivity contribution in [3.8, 4) is 50.2 Å². The van der Waals surface area contributed by atoms with Crippen molar-refractivity contribution in [1.29, 1.82) is 0 Å².